The van der Waals surface area contributed by atoms with E-state index in [-0.39, 0.29) is 34.5 Å². The Hall–Kier alpha value is -4.31. The molecule has 0 saturated heterocycles. The average Bonchev–Trinajstić information content (AvgIpc) is 3.45. The predicted molar refractivity (Wildman–Crippen MR) is 134 cm³/mol. The first-order chi connectivity index (χ1) is 17.4. The van der Waals surface area contributed by atoms with Gasteiger partial charge in [-0.05, 0) is 63.1 Å². The van der Waals surface area contributed by atoms with Crippen LogP contribution in [0.25, 0.3) is 33.7 Å². The lowest BCUT2D eigenvalue weighted by molar-refractivity contribution is 0.0782. The third-order valence-electron chi connectivity index (χ3n) is 6.07. The summed E-state index contributed by atoms with van der Waals surface area (Å²) >= 11 is 0. The number of aryl methyl sites for hydroxylation is 4. The molecule has 0 amide bonds. The van der Waals surface area contributed by atoms with Gasteiger partial charge in [0.1, 0.15) is 11.6 Å². The van der Waals surface area contributed by atoms with E-state index < -0.39 is 5.60 Å². The zero-order valence-corrected chi connectivity index (χ0v) is 21.2. The molecule has 0 saturated carbocycles. The van der Waals surface area contributed by atoms with Crippen molar-refractivity contribution < 1.29 is 23.1 Å². The molecule has 10 heteroatoms. The number of nitrogens with zero attached hydrogens (tertiary/aromatic N) is 4. The van der Waals surface area contributed by atoms with Crippen molar-refractivity contribution in [1.29, 1.82) is 0 Å². The summed E-state index contributed by atoms with van der Waals surface area (Å²) in [5.41, 5.74) is 1.30. The van der Waals surface area contributed by atoms with Crippen LogP contribution in [-0.4, -0.2) is 24.9 Å². The van der Waals surface area contributed by atoms with Gasteiger partial charge >= 0.3 is 0 Å². The van der Waals surface area contributed by atoms with E-state index in [1.54, 1.807) is 60.0 Å². The molecule has 4 aromatic heterocycles. The zero-order chi connectivity index (χ0) is 26.6. The summed E-state index contributed by atoms with van der Waals surface area (Å²) in [6.07, 6.45) is 3.17. The highest BCUT2D eigenvalue weighted by Crippen LogP contribution is 2.40. The third-order valence-corrected chi connectivity index (χ3v) is 6.07. The smallest absolute Gasteiger partial charge is 0.293 e. The van der Waals surface area contributed by atoms with E-state index in [4.69, 9.17) is 13.6 Å². The third kappa shape index (κ3) is 4.40. The first kappa shape index (κ1) is 24.4. The normalized spacial score (nSPS) is 11.9. The minimum absolute atomic E-state index is 0.0830. The van der Waals surface area contributed by atoms with Crippen LogP contribution in [0, 0.1) is 26.6 Å². The number of pyridine rings is 2. The van der Waals surface area contributed by atoms with E-state index in [1.165, 1.54) is 22.9 Å². The Morgan fingerprint density at radius 3 is 2.35 bits per heavy atom. The van der Waals surface area contributed by atoms with Crippen molar-refractivity contribution in [2.45, 2.75) is 40.2 Å². The van der Waals surface area contributed by atoms with Gasteiger partial charge < -0.3 is 23.2 Å². The minimum atomic E-state index is -1.20. The van der Waals surface area contributed by atoms with Crippen molar-refractivity contribution in [3.63, 3.8) is 0 Å². The summed E-state index contributed by atoms with van der Waals surface area (Å²) < 4.78 is 32.9. The molecule has 9 nitrogen and oxygen atoms in total. The maximum absolute atomic E-state index is 13.9. The fourth-order valence-corrected chi connectivity index (χ4v) is 4.16. The van der Waals surface area contributed by atoms with Gasteiger partial charge in [-0.3, -0.25) is 4.79 Å². The average molecular weight is 505 g/mol. The summed E-state index contributed by atoms with van der Waals surface area (Å²) in [4.78, 5) is 17.5. The van der Waals surface area contributed by atoms with Gasteiger partial charge in [-0.25, -0.2) is 9.37 Å². The molecule has 5 rings (SSSR count). The van der Waals surface area contributed by atoms with Gasteiger partial charge in [0.25, 0.3) is 11.4 Å². The highest BCUT2D eigenvalue weighted by Gasteiger charge is 2.25. The Bertz CT molecular complexity index is 1700. The number of fused-ring (bicyclic) bond motifs is 1. The first-order valence-corrected chi connectivity index (χ1v) is 11.5. The van der Waals surface area contributed by atoms with E-state index >= 15 is 0 Å². The van der Waals surface area contributed by atoms with Crippen molar-refractivity contribution in [3.05, 3.63) is 75.4 Å². The van der Waals surface area contributed by atoms with Crippen LogP contribution < -0.4 is 10.3 Å². The fourth-order valence-electron chi connectivity index (χ4n) is 4.16. The second-order valence-electron chi connectivity index (χ2n) is 9.55. The molecule has 0 bridgehead atoms. The molecule has 37 heavy (non-hydrogen) atoms. The number of hydrogen-bond donors (Lipinski definition) is 1. The highest BCUT2D eigenvalue weighted by atomic mass is 19.1. The van der Waals surface area contributed by atoms with Gasteiger partial charge in [0.05, 0.1) is 5.60 Å². The lowest BCUT2D eigenvalue weighted by Gasteiger charge is -2.21. The number of benzene rings is 1. The minimum Gasteiger partial charge on any atom is -0.445 e. The molecule has 4 heterocycles. The molecule has 0 radical (unpaired) electrons. The summed E-state index contributed by atoms with van der Waals surface area (Å²) in [6, 6.07) is 6.16. The van der Waals surface area contributed by atoms with Crippen molar-refractivity contribution in [3.8, 4) is 34.4 Å². The van der Waals surface area contributed by atoms with E-state index in [1.807, 2.05) is 0 Å². The summed E-state index contributed by atoms with van der Waals surface area (Å²) in [5.74, 6) is 1.03. The van der Waals surface area contributed by atoms with Crippen LogP contribution in [-0.2, 0) is 12.6 Å². The van der Waals surface area contributed by atoms with Crippen LogP contribution in [0.2, 0.25) is 0 Å². The second-order valence-corrected chi connectivity index (χ2v) is 9.55. The number of rotatable bonds is 5. The number of furan rings is 1. The number of aromatic nitrogens is 4. The van der Waals surface area contributed by atoms with E-state index in [9.17, 15) is 14.3 Å². The van der Waals surface area contributed by atoms with E-state index in [0.717, 1.165) is 0 Å². The molecule has 0 unspecified atom stereocenters. The molecule has 0 spiro atoms. The van der Waals surface area contributed by atoms with Gasteiger partial charge in [-0.2, -0.15) is 0 Å². The molecular formula is C27H25FN4O5. The maximum atomic E-state index is 13.9. The molecule has 0 aliphatic rings. The second kappa shape index (κ2) is 8.67. The monoisotopic (exact) mass is 504 g/mol. The van der Waals surface area contributed by atoms with Crippen LogP contribution in [0.3, 0.4) is 0 Å². The van der Waals surface area contributed by atoms with Crippen LogP contribution >= 0.6 is 0 Å². The van der Waals surface area contributed by atoms with Gasteiger partial charge in [-0.1, -0.05) is 0 Å². The molecule has 0 aliphatic carbocycles. The molecule has 190 valence electrons. The topological polar surface area (TPSA) is 116 Å². The summed E-state index contributed by atoms with van der Waals surface area (Å²) in [6.45, 7) is 8.44. The van der Waals surface area contributed by atoms with Crippen LogP contribution in [0.4, 0.5) is 4.39 Å². The summed E-state index contributed by atoms with van der Waals surface area (Å²) in [5, 5.41) is 19.0. The molecule has 0 atom stereocenters. The molecule has 5 aromatic rings. The van der Waals surface area contributed by atoms with Gasteiger partial charge in [-0.15, -0.1) is 10.2 Å². The Balaban J connectivity index is 1.77. The molecule has 1 N–H and O–H groups in total. The zero-order valence-electron chi connectivity index (χ0n) is 21.2. The number of aliphatic hydroxyl groups is 1. The number of halogens is 1. The predicted octanol–water partition coefficient (Wildman–Crippen LogP) is 5.33. The number of ether oxygens (including phenoxy) is 1. The summed E-state index contributed by atoms with van der Waals surface area (Å²) in [7, 11) is 1.60. The Morgan fingerprint density at radius 1 is 1.03 bits per heavy atom. The molecule has 1 aromatic carbocycles. The van der Waals surface area contributed by atoms with Gasteiger partial charge in [0, 0.05) is 48.4 Å². The van der Waals surface area contributed by atoms with Crippen molar-refractivity contribution in [2.75, 3.05) is 0 Å². The Kier molecular flexibility index (Phi) is 5.71. The van der Waals surface area contributed by atoms with Crippen LogP contribution in [0.15, 0.2) is 50.3 Å². The fraction of sp³-hybridized carbons (Fsp3) is 0.259. The van der Waals surface area contributed by atoms with Crippen molar-refractivity contribution in [2.24, 2.45) is 7.05 Å². The van der Waals surface area contributed by atoms with Crippen molar-refractivity contribution in [1.82, 2.24) is 19.7 Å². The Morgan fingerprint density at radius 2 is 1.73 bits per heavy atom. The molecular weight excluding hydrogens is 479 g/mol. The largest absolute Gasteiger partial charge is 0.445 e. The van der Waals surface area contributed by atoms with Gasteiger partial charge in [0.15, 0.2) is 5.76 Å². The van der Waals surface area contributed by atoms with Crippen LogP contribution in [0.1, 0.15) is 36.4 Å². The van der Waals surface area contributed by atoms with E-state index in [0.29, 0.717) is 44.8 Å². The quantitative estimate of drug-likeness (QED) is 0.342. The maximum Gasteiger partial charge on any atom is 0.293 e. The van der Waals surface area contributed by atoms with Crippen molar-refractivity contribution >= 4 is 11.0 Å². The number of hydrogen-bond acceptors (Lipinski definition) is 8. The standard InChI is InChI=1S/C27H25FN4O5/c1-13-7-17(28)8-14(2)22(13)37-24-19(9-16(11-29-24)27(4,5)34)20-12-32(6)26(33)23-18(20)10-21(36-23)25-31-30-15(3)35-25/h7-12,34H,1-6H3. The highest BCUT2D eigenvalue weighted by molar-refractivity contribution is 5.96. The van der Waals surface area contributed by atoms with E-state index in [2.05, 4.69) is 15.2 Å². The van der Waals surface area contributed by atoms with Gasteiger partial charge in [0.2, 0.25) is 17.4 Å². The first-order valence-electron chi connectivity index (χ1n) is 11.5. The lowest BCUT2D eigenvalue weighted by atomic mass is 9.96. The SMILES string of the molecule is Cc1nnc(-c2cc3c(-c4cc(C(C)(C)O)cnc4Oc4c(C)cc(F)cc4C)cn(C)c(=O)c3o2)o1. The Labute approximate surface area is 211 Å². The molecule has 0 fully saturated rings. The van der Waals surface area contributed by atoms with Crippen LogP contribution in [0.5, 0.6) is 11.6 Å². The lowest BCUT2D eigenvalue weighted by Crippen LogP contribution is -2.17. The molecule has 0 aliphatic heterocycles.